The lowest BCUT2D eigenvalue weighted by Gasteiger charge is -2.35. The molecule has 3 aromatic rings. The van der Waals surface area contributed by atoms with Gasteiger partial charge in [0.05, 0.1) is 6.04 Å². The van der Waals surface area contributed by atoms with Gasteiger partial charge in [0.1, 0.15) is 0 Å². The highest BCUT2D eigenvalue weighted by atomic mass is 32.1. The second-order valence-corrected chi connectivity index (χ2v) is 8.57. The SMILES string of the molecule is O=C(NCC(c1ccsc1)N1CCc2ccccc2C1)C(=O)Nc1ccc2c(c1)OCO2. The van der Waals surface area contributed by atoms with Gasteiger partial charge < -0.3 is 20.1 Å². The molecule has 0 bridgehead atoms. The summed E-state index contributed by atoms with van der Waals surface area (Å²) in [5.74, 6) is -0.211. The molecule has 2 N–H and O–H groups in total. The normalized spacial score (nSPS) is 15.6. The van der Waals surface area contributed by atoms with Gasteiger partial charge in [-0.25, -0.2) is 0 Å². The third-order valence-electron chi connectivity index (χ3n) is 5.82. The van der Waals surface area contributed by atoms with Crippen LogP contribution in [0.5, 0.6) is 11.5 Å². The second-order valence-electron chi connectivity index (χ2n) is 7.79. The third kappa shape index (κ3) is 4.32. The van der Waals surface area contributed by atoms with Crippen molar-refractivity contribution < 1.29 is 19.1 Å². The molecule has 32 heavy (non-hydrogen) atoms. The minimum atomic E-state index is -0.711. The van der Waals surface area contributed by atoms with E-state index in [9.17, 15) is 9.59 Å². The van der Waals surface area contributed by atoms with E-state index in [1.807, 2.05) is 5.38 Å². The molecule has 0 saturated heterocycles. The molecule has 1 aromatic heterocycles. The monoisotopic (exact) mass is 449 g/mol. The van der Waals surface area contributed by atoms with Gasteiger partial charge in [0, 0.05) is 31.4 Å². The Kier molecular flexibility index (Phi) is 5.79. The van der Waals surface area contributed by atoms with E-state index in [0.29, 0.717) is 23.7 Å². The van der Waals surface area contributed by atoms with Gasteiger partial charge in [0.2, 0.25) is 6.79 Å². The molecule has 2 aliphatic rings. The van der Waals surface area contributed by atoms with Crippen LogP contribution in [0.4, 0.5) is 5.69 Å². The Morgan fingerprint density at radius 3 is 2.72 bits per heavy atom. The Bertz CT molecular complexity index is 1130. The predicted molar refractivity (Wildman–Crippen MR) is 122 cm³/mol. The van der Waals surface area contributed by atoms with Crippen molar-refractivity contribution in [1.82, 2.24) is 10.2 Å². The van der Waals surface area contributed by atoms with Gasteiger partial charge in [-0.2, -0.15) is 11.3 Å². The first-order valence-corrected chi connectivity index (χ1v) is 11.4. The maximum Gasteiger partial charge on any atom is 0.313 e. The average molecular weight is 450 g/mol. The first-order chi connectivity index (χ1) is 15.7. The molecule has 0 saturated carbocycles. The zero-order valence-corrected chi connectivity index (χ0v) is 18.2. The van der Waals surface area contributed by atoms with Crippen molar-refractivity contribution in [3.8, 4) is 11.5 Å². The van der Waals surface area contributed by atoms with E-state index in [1.165, 1.54) is 11.1 Å². The molecular weight excluding hydrogens is 426 g/mol. The number of anilines is 1. The number of hydrogen-bond donors (Lipinski definition) is 2. The van der Waals surface area contributed by atoms with Crippen LogP contribution in [0.1, 0.15) is 22.7 Å². The Balaban J connectivity index is 1.23. The fourth-order valence-electron chi connectivity index (χ4n) is 4.14. The van der Waals surface area contributed by atoms with Crippen LogP contribution in [-0.2, 0) is 22.6 Å². The second kappa shape index (κ2) is 9.02. The fourth-order valence-corrected chi connectivity index (χ4v) is 4.84. The van der Waals surface area contributed by atoms with Crippen LogP contribution in [0, 0.1) is 0 Å². The van der Waals surface area contributed by atoms with Gasteiger partial charge in [-0.3, -0.25) is 14.5 Å². The summed E-state index contributed by atoms with van der Waals surface area (Å²) in [5, 5.41) is 9.58. The van der Waals surface area contributed by atoms with Gasteiger partial charge >= 0.3 is 11.8 Å². The molecule has 2 aliphatic heterocycles. The predicted octanol–water partition coefficient (Wildman–Crippen LogP) is 3.33. The number of ether oxygens (including phenoxy) is 2. The summed E-state index contributed by atoms with van der Waals surface area (Å²) < 4.78 is 10.6. The summed E-state index contributed by atoms with van der Waals surface area (Å²) in [6, 6.07) is 15.6. The Morgan fingerprint density at radius 1 is 1.03 bits per heavy atom. The highest BCUT2D eigenvalue weighted by molar-refractivity contribution is 7.08. The number of fused-ring (bicyclic) bond motifs is 2. The van der Waals surface area contributed by atoms with Crippen LogP contribution >= 0.6 is 11.3 Å². The van der Waals surface area contributed by atoms with Crippen molar-refractivity contribution in [3.05, 3.63) is 76.0 Å². The topological polar surface area (TPSA) is 79.9 Å². The Hall–Kier alpha value is -3.36. The number of nitrogens with one attached hydrogen (secondary N) is 2. The first-order valence-electron chi connectivity index (χ1n) is 10.5. The Morgan fingerprint density at radius 2 is 1.88 bits per heavy atom. The van der Waals surface area contributed by atoms with Gasteiger partial charge in [0.15, 0.2) is 11.5 Å². The molecule has 5 rings (SSSR count). The lowest BCUT2D eigenvalue weighted by molar-refractivity contribution is -0.136. The molecule has 8 heteroatoms. The summed E-state index contributed by atoms with van der Waals surface area (Å²) in [4.78, 5) is 27.3. The highest BCUT2D eigenvalue weighted by Gasteiger charge is 2.26. The van der Waals surface area contributed by atoms with Gasteiger partial charge in [-0.15, -0.1) is 0 Å². The van der Waals surface area contributed by atoms with Gasteiger partial charge in [0.25, 0.3) is 0 Å². The molecule has 0 spiro atoms. The van der Waals surface area contributed by atoms with E-state index in [4.69, 9.17) is 9.47 Å². The Labute approximate surface area is 190 Å². The molecule has 0 fully saturated rings. The molecule has 2 amide bonds. The molecule has 3 heterocycles. The zero-order valence-electron chi connectivity index (χ0n) is 17.4. The molecule has 1 atom stereocenters. The van der Waals surface area contributed by atoms with E-state index in [-0.39, 0.29) is 12.8 Å². The number of carbonyl (C=O) groups excluding carboxylic acids is 2. The zero-order chi connectivity index (χ0) is 21.9. The number of thiophene rings is 1. The van der Waals surface area contributed by atoms with Crippen molar-refractivity contribution >= 4 is 28.8 Å². The largest absolute Gasteiger partial charge is 0.454 e. The number of nitrogens with zero attached hydrogens (tertiary/aromatic N) is 1. The van der Waals surface area contributed by atoms with E-state index < -0.39 is 11.8 Å². The van der Waals surface area contributed by atoms with Gasteiger partial charge in [-0.05, 0) is 52.1 Å². The molecule has 0 radical (unpaired) electrons. The quantitative estimate of drug-likeness (QED) is 0.584. The van der Waals surface area contributed by atoms with Crippen molar-refractivity contribution in [2.24, 2.45) is 0 Å². The van der Waals surface area contributed by atoms with Crippen LogP contribution in [0.15, 0.2) is 59.3 Å². The number of amides is 2. The summed E-state index contributed by atoms with van der Waals surface area (Å²) >= 11 is 1.63. The minimum Gasteiger partial charge on any atom is -0.454 e. The molecule has 0 aliphatic carbocycles. The van der Waals surface area contributed by atoms with Crippen molar-refractivity contribution in [2.45, 2.75) is 19.0 Å². The fraction of sp³-hybridized carbons (Fsp3) is 0.250. The number of hydrogen-bond acceptors (Lipinski definition) is 6. The van der Waals surface area contributed by atoms with Crippen LogP contribution in [0.3, 0.4) is 0 Å². The maximum atomic E-state index is 12.5. The number of carbonyl (C=O) groups is 2. The van der Waals surface area contributed by atoms with Crippen molar-refractivity contribution in [3.63, 3.8) is 0 Å². The molecule has 2 aromatic carbocycles. The minimum absolute atomic E-state index is 0.00287. The summed E-state index contributed by atoms with van der Waals surface area (Å²) in [5.41, 5.74) is 4.31. The van der Waals surface area contributed by atoms with Crippen LogP contribution in [-0.4, -0.2) is 36.6 Å². The smallest absolute Gasteiger partial charge is 0.313 e. The highest BCUT2D eigenvalue weighted by Crippen LogP contribution is 2.34. The third-order valence-corrected chi connectivity index (χ3v) is 6.52. The van der Waals surface area contributed by atoms with E-state index in [0.717, 1.165) is 25.1 Å². The standard InChI is InChI=1S/C24H23N3O4S/c28-23(24(29)26-19-5-6-21-22(11-19)31-15-30-21)25-12-20(18-8-10-32-14-18)27-9-7-16-3-1-2-4-17(16)13-27/h1-6,8,10-11,14,20H,7,9,12-13,15H2,(H,25,28)(H,26,29). The van der Waals surface area contributed by atoms with Gasteiger partial charge in [-0.1, -0.05) is 24.3 Å². The van der Waals surface area contributed by atoms with Crippen molar-refractivity contribution in [2.75, 3.05) is 25.2 Å². The van der Waals surface area contributed by atoms with Crippen LogP contribution < -0.4 is 20.1 Å². The van der Waals surface area contributed by atoms with Crippen molar-refractivity contribution in [1.29, 1.82) is 0 Å². The van der Waals surface area contributed by atoms with E-state index in [1.54, 1.807) is 29.5 Å². The first kappa shape index (κ1) is 20.5. The molecule has 1 unspecified atom stereocenters. The molecule has 7 nitrogen and oxygen atoms in total. The molecule has 164 valence electrons. The van der Waals surface area contributed by atoms with E-state index >= 15 is 0 Å². The lowest BCUT2D eigenvalue weighted by atomic mass is 9.97. The molecular formula is C24H23N3O4S. The average Bonchev–Trinajstić information content (AvgIpc) is 3.51. The summed E-state index contributed by atoms with van der Waals surface area (Å²) in [6.45, 7) is 2.22. The summed E-state index contributed by atoms with van der Waals surface area (Å²) in [7, 11) is 0. The summed E-state index contributed by atoms with van der Waals surface area (Å²) in [6.07, 6.45) is 0.968. The van der Waals surface area contributed by atoms with Crippen LogP contribution in [0.2, 0.25) is 0 Å². The van der Waals surface area contributed by atoms with Crippen LogP contribution in [0.25, 0.3) is 0 Å². The maximum absolute atomic E-state index is 12.5. The van der Waals surface area contributed by atoms with E-state index in [2.05, 4.69) is 51.2 Å². The number of rotatable bonds is 5. The lowest BCUT2D eigenvalue weighted by Crippen LogP contribution is -2.43. The number of benzene rings is 2.